The van der Waals surface area contributed by atoms with E-state index in [0.29, 0.717) is 23.7 Å². The van der Waals surface area contributed by atoms with Crippen LogP contribution in [0.1, 0.15) is 21.5 Å². The minimum atomic E-state index is -0.390. The topological polar surface area (TPSA) is 90.0 Å². The van der Waals surface area contributed by atoms with Crippen molar-refractivity contribution >= 4 is 34.1 Å². The SMILES string of the molecule is Nc1ccn(Cc2ccc(CNC(=O)c3ccc(Cl)cc3)c3ccccc23)c(=O)n1. The van der Waals surface area contributed by atoms with Gasteiger partial charge in [-0.05, 0) is 52.2 Å². The summed E-state index contributed by atoms with van der Waals surface area (Å²) in [4.78, 5) is 28.3. The quantitative estimate of drug-likeness (QED) is 0.518. The number of halogens is 1. The molecule has 4 rings (SSSR count). The highest BCUT2D eigenvalue weighted by Crippen LogP contribution is 2.24. The largest absolute Gasteiger partial charge is 0.383 e. The van der Waals surface area contributed by atoms with Crippen molar-refractivity contribution in [2.24, 2.45) is 0 Å². The molecule has 0 aliphatic carbocycles. The third-order valence-corrected chi connectivity index (χ3v) is 5.14. The second kappa shape index (κ2) is 8.39. The molecule has 1 heterocycles. The number of nitrogens with two attached hydrogens (primary N) is 1. The maximum absolute atomic E-state index is 12.4. The molecule has 1 amide bonds. The van der Waals surface area contributed by atoms with Crippen molar-refractivity contribution in [3.05, 3.63) is 105 Å². The summed E-state index contributed by atoms with van der Waals surface area (Å²) in [6, 6.07) is 20.2. The van der Waals surface area contributed by atoms with Crippen molar-refractivity contribution < 1.29 is 4.79 Å². The fourth-order valence-corrected chi connectivity index (χ4v) is 3.47. The van der Waals surface area contributed by atoms with Crippen LogP contribution in [0.15, 0.2) is 77.7 Å². The van der Waals surface area contributed by atoms with E-state index in [2.05, 4.69) is 10.3 Å². The van der Waals surface area contributed by atoms with E-state index in [0.717, 1.165) is 21.9 Å². The Bertz CT molecular complexity index is 1280. The smallest absolute Gasteiger partial charge is 0.349 e. The van der Waals surface area contributed by atoms with Crippen LogP contribution in [0.4, 0.5) is 5.82 Å². The Kier molecular flexibility index (Phi) is 5.50. The molecule has 7 heteroatoms. The minimum absolute atomic E-state index is 0.167. The molecule has 0 unspecified atom stereocenters. The number of nitrogens with zero attached hydrogens (tertiary/aromatic N) is 2. The Morgan fingerprint density at radius 1 is 0.967 bits per heavy atom. The number of hydrogen-bond donors (Lipinski definition) is 2. The van der Waals surface area contributed by atoms with E-state index in [1.165, 1.54) is 4.57 Å². The molecule has 150 valence electrons. The predicted molar refractivity (Wildman–Crippen MR) is 119 cm³/mol. The predicted octanol–water partition coefficient (Wildman–Crippen LogP) is 3.61. The first kappa shape index (κ1) is 19.7. The summed E-state index contributed by atoms with van der Waals surface area (Å²) >= 11 is 5.88. The lowest BCUT2D eigenvalue weighted by Crippen LogP contribution is -2.24. The molecule has 0 fully saturated rings. The Morgan fingerprint density at radius 2 is 1.63 bits per heavy atom. The van der Waals surface area contributed by atoms with Gasteiger partial charge in [0.05, 0.1) is 6.54 Å². The first-order valence-corrected chi connectivity index (χ1v) is 9.75. The molecular formula is C23H19ClN4O2. The first-order chi connectivity index (χ1) is 14.5. The van der Waals surface area contributed by atoms with Gasteiger partial charge in [0, 0.05) is 23.3 Å². The maximum Gasteiger partial charge on any atom is 0.349 e. The molecule has 0 aliphatic rings. The van der Waals surface area contributed by atoms with Gasteiger partial charge in [0.15, 0.2) is 0 Å². The number of aromatic nitrogens is 2. The molecule has 0 atom stereocenters. The monoisotopic (exact) mass is 418 g/mol. The normalized spacial score (nSPS) is 10.8. The number of benzene rings is 3. The van der Waals surface area contributed by atoms with Gasteiger partial charge >= 0.3 is 5.69 Å². The van der Waals surface area contributed by atoms with Gasteiger partial charge in [-0.1, -0.05) is 48.0 Å². The highest BCUT2D eigenvalue weighted by Gasteiger charge is 2.10. The number of amides is 1. The molecule has 6 nitrogen and oxygen atoms in total. The van der Waals surface area contributed by atoms with Crippen LogP contribution in [-0.2, 0) is 13.1 Å². The van der Waals surface area contributed by atoms with E-state index in [4.69, 9.17) is 17.3 Å². The third kappa shape index (κ3) is 4.18. The third-order valence-electron chi connectivity index (χ3n) is 4.89. The molecular weight excluding hydrogens is 400 g/mol. The molecule has 30 heavy (non-hydrogen) atoms. The van der Waals surface area contributed by atoms with E-state index in [1.54, 1.807) is 36.5 Å². The standard InChI is InChI=1S/C23H19ClN4O2/c24-18-9-7-15(8-10-18)22(29)26-13-16-5-6-17(20-4-2-1-3-19(16)20)14-28-12-11-21(25)27-23(28)30/h1-12H,13-14H2,(H,26,29)(H2,25,27,30). The second-order valence-corrected chi connectivity index (χ2v) is 7.32. The van der Waals surface area contributed by atoms with E-state index >= 15 is 0 Å². The number of anilines is 1. The van der Waals surface area contributed by atoms with Crippen LogP contribution in [0.25, 0.3) is 10.8 Å². The van der Waals surface area contributed by atoms with Crippen LogP contribution >= 0.6 is 11.6 Å². The summed E-state index contributed by atoms with van der Waals surface area (Å²) < 4.78 is 1.51. The van der Waals surface area contributed by atoms with Crippen LogP contribution < -0.4 is 16.7 Å². The summed E-state index contributed by atoms with van der Waals surface area (Å²) in [5.74, 6) is 0.0345. The van der Waals surface area contributed by atoms with Gasteiger partial charge in [0.1, 0.15) is 5.82 Å². The molecule has 0 spiro atoms. The van der Waals surface area contributed by atoms with Gasteiger partial charge in [-0.3, -0.25) is 9.36 Å². The van der Waals surface area contributed by atoms with Crippen LogP contribution in [-0.4, -0.2) is 15.5 Å². The Morgan fingerprint density at radius 3 is 2.33 bits per heavy atom. The van der Waals surface area contributed by atoms with Crippen molar-refractivity contribution in [2.75, 3.05) is 5.73 Å². The Hall–Kier alpha value is -3.64. The van der Waals surface area contributed by atoms with Crippen molar-refractivity contribution in [1.82, 2.24) is 14.9 Å². The van der Waals surface area contributed by atoms with E-state index in [1.807, 2.05) is 36.4 Å². The number of carbonyl (C=O) groups is 1. The van der Waals surface area contributed by atoms with Gasteiger partial charge < -0.3 is 11.1 Å². The number of hydrogen-bond acceptors (Lipinski definition) is 4. The van der Waals surface area contributed by atoms with Gasteiger partial charge in [0.25, 0.3) is 5.91 Å². The summed E-state index contributed by atoms with van der Waals surface area (Å²) in [7, 11) is 0. The van der Waals surface area contributed by atoms with Crippen LogP contribution in [0.5, 0.6) is 0 Å². The zero-order valence-corrected chi connectivity index (χ0v) is 16.8. The second-order valence-electron chi connectivity index (χ2n) is 6.88. The van der Waals surface area contributed by atoms with Crippen molar-refractivity contribution in [3.8, 4) is 0 Å². The fraction of sp³-hybridized carbons (Fsp3) is 0.0870. The first-order valence-electron chi connectivity index (χ1n) is 9.37. The molecule has 0 bridgehead atoms. The van der Waals surface area contributed by atoms with E-state index < -0.39 is 5.69 Å². The van der Waals surface area contributed by atoms with Crippen LogP contribution in [0.3, 0.4) is 0 Å². The zero-order valence-electron chi connectivity index (χ0n) is 16.0. The molecule has 0 aliphatic heterocycles. The number of fused-ring (bicyclic) bond motifs is 1. The van der Waals surface area contributed by atoms with Crippen LogP contribution in [0.2, 0.25) is 5.02 Å². The number of carbonyl (C=O) groups excluding carboxylic acids is 1. The van der Waals surface area contributed by atoms with E-state index in [9.17, 15) is 9.59 Å². The number of nitrogens with one attached hydrogen (secondary N) is 1. The lowest BCUT2D eigenvalue weighted by atomic mass is 9.99. The average Bonchev–Trinajstić information content (AvgIpc) is 2.75. The number of nitrogen functional groups attached to an aromatic ring is 1. The summed E-state index contributed by atoms with van der Waals surface area (Å²) in [5.41, 5.74) is 7.70. The van der Waals surface area contributed by atoms with E-state index in [-0.39, 0.29) is 11.7 Å². The minimum Gasteiger partial charge on any atom is -0.383 e. The fourth-order valence-electron chi connectivity index (χ4n) is 3.34. The molecule has 3 N–H and O–H groups in total. The van der Waals surface area contributed by atoms with Crippen LogP contribution in [0, 0.1) is 0 Å². The molecule has 4 aromatic rings. The number of rotatable bonds is 5. The molecule has 3 aromatic carbocycles. The Balaban J connectivity index is 1.60. The Labute approximate surface area is 177 Å². The molecule has 0 saturated carbocycles. The van der Waals surface area contributed by atoms with Crippen molar-refractivity contribution in [2.45, 2.75) is 13.1 Å². The molecule has 0 saturated heterocycles. The summed E-state index contributed by atoms with van der Waals surface area (Å²) in [6.45, 7) is 0.760. The zero-order chi connectivity index (χ0) is 21.1. The lowest BCUT2D eigenvalue weighted by molar-refractivity contribution is 0.0951. The highest BCUT2D eigenvalue weighted by atomic mass is 35.5. The van der Waals surface area contributed by atoms with Gasteiger partial charge in [-0.2, -0.15) is 4.98 Å². The highest BCUT2D eigenvalue weighted by molar-refractivity contribution is 6.30. The van der Waals surface area contributed by atoms with Gasteiger partial charge in [-0.15, -0.1) is 0 Å². The molecule has 1 aromatic heterocycles. The average molecular weight is 419 g/mol. The van der Waals surface area contributed by atoms with Crippen molar-refractivity contribution in [3.63, 3.8) is 0 Å². The summed E-state index contributed by atoms with van der Waals surface area (Å²) in [5, 5.41) is 5.57. The molecule has 0 radical (unpaired) electrons. The maximum atomic E-state index is 12.4. The lowest BCUT2D eigenvalue weighted by Gasteiger charge is -2.13. The van der Waals surface area contributed by atoms with Crippen molar-refractivity contribution in [1.29, 1.82) is 0 Å². The van der Waals surface area contributed by atoms with Gasteiger partial charge in [0.2, 0.25) is 0 Å². The summed E-state index contributed by atoms with van der Waals surface area (Å²) in [6.07, 6.45) is 1.64. The van der Waals surface area contributed by atoms with Gasteiger partial charge in [-0.25, -0.2) is 4.79 Å².